The Bertz CT molecular complexity index is 254. The van der Waals surface area contributed by atoms with Crippen LogP contribution in [0, 0.1) is 11.3 Å². The van der Waals surface area contributed by atoms with Gasteiger partial charge in [-0.1, -0.05) is 40.0 Å². The van der Waals surface area contributed by atoms with Gasteiger partial charge in [0, 0.05) is 12.6 Å². The molecule has 1 aliphatic carbocycles. The molecule has 2 nitrogen and oxygen atoms in total. The molecule has 1 heterocycles. The van der Waals surface area contributed by atoms with Gasteiger partial charge in [-0.3, -0.25) is 0 Å². The molecule has 0 aromatic heterocycles. The van der Waals surface area contributed by atoms with Crippen molar-refractivity contribution < 1.29 is 0 Å². The van der Waals surface area contributed by atoms with Crippen molar-refractivity contribution in [2.75, 3.05) is 26.2 Å². The molecule has 1 saturated carbocycles. The number of hydrogen-bond donors (Lipinski definition) is 1. The zero-order valence-corrected chi connectivity index (χ0v) is 13.4. The van der Waals surface area contributed by atoms with E-state index in [1.54, 1.807) is 0 Å². The van der Waals surface area contributed by atoms with E-state index in [4.69, 9.17) is 0 Å². The molecular weight excluding hydrogens is 232 g/mol. The Morgan fingerprint density at radius 1 is 1.11 bits per heavy atom. The van der Waals surface area contributed by atoms with E-state index in [1.807, 2.05) is 0 Å². The Morgan fingerprint density at radius 3 is 2.42 bits per heavy atom. The van der Waals surface area contributed by atoms with E-state index in [1.165, 1.54) is 64.6 Å². The summed E-state index contributed by atoms with van der Waals surface area (Å²) in [4.78, 5) is 2.75. The lowest BCUT2D eigenvalue weighted by Gasteiger charge is -2.42. The van der Waals surface area contributed by atoms with Gasteiger partial charge in [-0.2, -0.15) is 0 Å². The molecule has 2 fully saturated rings. The van der Waals surface area contributed by atoms with Gasteiger partial charge in [0.15, 0.2) is 0 Å². The molecule has 2 atom stereocenters. The normalized spacial score (nSPS) is 32.4. The summed E-state index contributed by atoms with van der Waals surface area (Å²) in [5, 5.41) is 3.72. The van der Waals surface area contributed by atoms with Crippen LogP contribution in [0.2, 0.25) is 0 Å². The molecule has 2 rings (SSSR count). The Morgan fingerprint density at radius 2 is 1.79 bits per heavy atom. The van der Waals surface area contributed by atoms with Crippen molar-refractivity contribution in [2.24, 2.45) is 11.3 Å². The maximum atomic E-state index is 3.72. The van der Waals surface area contributed by atoms with Gasteiger partial charge in [0.2, 0.25) is 0 Å². The van der Waals surface area contributed by atoms with E-state index in [0.29, 0.717) is 5.41 Å². The fraction of sp³-hybridized carbons (Fsp3) is 1.00. The molecule has 1 aliphatic heterocycles. The number of rotatable bonds is 5. The first-order valence-corrected chi connectivity index (χ1v) is 8.62. The number of nitrogens with one attached hydrogen (secondary N) is 1. The van der Waals surface area contributed by atoms with Gasteiger partial charge in [-0.25, -0.2) is 0 Å². The highest BCUT2D eigenvalue weighted by atomic mass is 15.1. The molecule has 0 bridgehead atoms. The van der Waals surface area contributed by atoms with Crippen LogP contribution < -0.4 is 5.32 Å². The van der Waals surface area contributed by atoms with Crippen LogP contribution in [0.4, 0.5) is 0 Å². The average molecular weight is 266 g/mol. The Balaban J connectivity index is 1.80. The van der Waals surface area contributed by atoms with Crippen molar-refractivity contribution in [3.63, 3.8) is 0 Å². The Labute approximate surface area is 120 Å². The molecule has 2 heteroatoms. The zero-order valence-electron chi connectivity index (χ0n) is 13.4. The third-order valence-corrected chi connectivity index (χ3v) is 5.78. The van der Waals surface area contributed by atoms with Gasteiger partial charge in [0.05, 0.1) is 0 Å². The van der Waals surface area contributed by atoms with E-state index >= 15 is 0 Å². The van der Waals surface area contributed by atoms with E-state index in [2.05, 4.69) is 31.0 Å². The van der Waals surface area contributed by atoms with Crippen LogP contribution in [0.5, 0.6) is 0 Å². The maximum Gasteiger partial charge on any atom is 0.0107 e. The molecular formula is C17H34N2. The van der Waals surface area contributed by atoms with E-state index in [-0.39, 0.29) is 0 Å². The van der Waals surface area contributed by atoms with Gasteiger partial charge >= 0.3 is 0 Å². The van der Waals surface area contributed by atoms with Gasteiger partial charge in [-0.05, 0) is 56.7 Å². The summed E-state index contributed by atoms with van der Waals surface area (Å²) >= 11 is 0. The highest BCUT2D eigenvalue weighted by molar-refractivity contribution is 4.86. The lowest BCUT2D eigenvalue weighted by atomic mass is 9.77. The molecule has 0 aromatic carbocycles. The smallest absolute Gasteiger partial charge is 0.0107 e. The van der Waals surface area contributed by atoms with E-state index < -0.39 is 0 Å². The molecule has 0 spiro atoms. The van der Waals surface area contributed by atoms with E-state index in [0.717, 1.165) is 18.5 Å². The molecule has 112 valence electrons. The van der Waals surface area contributed by atoms with Crippen molar-refractivity contribution in [1.82, 2.24) is 10.2 Å². The SMILES string of the molecule is CCNC1CCCCC1CN1CCC(C)(CC)CC1. The minimum Gasteiger partial charge on any atom is -0.314 e. The second-order valence-corrected chi connectivity index (χ2v) is 7.17. The van der Waals surface area contributed by atoms with Crippen LogP contribution >= 0.6 is 0 Å². The first-order valence-electron chi connectivity index (χ1n) is 8.62. The summed E-state index contributed by atoms with van der Waals surface area (Å²) in [7, 11) is 0. The molecule has 0 radical (unpaired) electrons. The monoisotopic (exact) mass is 266 g/mol. The van der Waals surface area contributed by atoms with Crippen LogP contribution in [0.1, 0.15) is 65.7 Å². The third-order valence-electron chi connectivity index (χ3n) is 5.78. The summed E-state index contributed by atoms with van der Waals surface area (Å²) in [6, 6.07) is 0.790. The zero-order chi connectivity index (χ0) is 13.7. The predicted molar refractivity (Wildman–Crippen MR) is 83.5 cm³/mol. The number of nitrogens with zero attached hydrogens (tertiary/aromatic N) is 1. The quantitative estimate of drug-likeness (QED) is 0.817. The predicted octanol–water partition coefficient (Wildman–Crippen LogP) is 3.67. The van der Waals surface area contributed by atoms with Crippen LogP contribution in [-0.2, 0) is 0 Å². The highest BCUT2D eigenvalue weighted by Crippen LogP contribution is 2.35. The topological polar surface area (TPSA) is 15.3 Å². The van der Waals surface area contributed by atoms with Crippen molar-refractivity contribution >= 4 is 0 Å². The van der Waals surface area contributed by atoms with Gasteiger partial charge in [0.1, 0.15) is 0 Å². The summed E-state index contributed by atoms with van der Waals surface area (Å²) in [5.41, 5.74) is 0.629. The summed E-state index contributed by atoms with van der Waals surface area (Å²) in [6.45, 7) is 12.2. The lowest BCUT2D eigenvalue weighted by Crippen LogP contribution is -2.47. The van der Waals surface area contributed by atoms with Crippen LogP contribution in [0.15, 0.2) is 0 Å². The fourth-order valence-electron chi connectivity index (χ4n) is 3.92. The van der Waals surface area contributed by atoms with E-state index in [9.17, 15) is 0 Å². The van der Waals surface area contributed by atoms with Crippen LogP contribution in [-0.4, -0.2) is 37.1 Å². The molecule has 0 amide bonds. The molecule has 1 saturated heterocycles. The van der Waals surface area contributed by atoms with Crippen LogP contribution in [0.3, 0.4) is 0 Å². The number of hydrogen-bond acceptors (Lipinski definition) is 2. The lowest BCUT2D eigenvalue weighted by molar-refractivity contribution is 0.0860. The Hall–Kier alpha value is -0.0800. The van der Waals surface area contributed by atoms with Crippen molar-refractivity contribution in [3.8, 4) is 0 Å². The average Bonchev–Trinajstić information content (AvgIpc) is 2.44. The van der Waals surface area contributed by atoms with Crippen molar-refractivity contribution in [2.45, 2.75) is 71.8 Å². The summed E-state index contributed by atoms with van der Waals surface area (Å²) < 4.78 is 0. The number of piperidine rings is 1. The molecule has 2 unspecified atom stereocenters. The van der Waals surface area contributed by atoms with Crippen molar-refractivity contribution in [3.05, 3.63) is 0 Å². The molecule has 19 heavy (non-hydrogen) atoms. The molecule has 2 aliphatic rings. The third kappa shape index (κ3) is 4.19. The maximum absolute atomic E-state index is 3.72. The first kappa shape index (κ1) is 15.3. The minimum atomic E-state index is 0.629. The second-order valence-electron chi connectivity index (χ2n) is 7.17. The Kier molecular flexibility index (Phi) is 5.70. The fourth-order valence-corrected chi connectivity index (χ4v) is 3.92. The summed E-state index contributed by atoms with van der Waals surface area (Å²) in [5.74, 6) is 0.902. The highest BCUT2D eigenvalue weighted by Gasteiger charge is 2.31. The molecule has 0 aromatic rings. The minimum absolute atomic E-state index is 0.629. The second kappa shape index (κ2) is 7.08. The van der Waals surface area contributed by atoms with Gasteiger partial charge in [-0.15, -0.1) is 0 Å². The van der Waals surface area contributed by atoms with Gasteiger partial charge in [0.25, 0.3) is 0 Å². The standard InChI is InChI=1S/C17H34N2/c1-4-17(3)10-12-19(13-11-17)14-15-8-6-7-9-16(15)18-5-2/h15-16,18H,4-14H2,1-3H3. The van der Waals surface area contributed by atoms with Crippen LogP contribution in [0.25, 0.3) is 0 Å². The first-order chi connectivity index (χ1) is 9.17. The largest absolute Gasteiger partial charge is 0.314 e. The summed E-state index contributed by atoms with van der Waals surface area (Å²) in [6.07, 6.45) is 9.89. The number of likely N-dealkylation sites (tertiary alicyclic amines) is 1. The molecule has 1 N–H and O–H groups in total. The van der Waals surface area contributed by atoms with Gasteiger partial charge < -0.3 is 10.2 Å². The van der Waals surface area contributed by atoms with Crippen molar-refractivity contribution in [1.29, 1.82) is 0 Å².